The fourth-order valence-electron chi connectivity index (χ4n) is 4.96. The molecule has 0 spiro atoms. The molecule has 0 aromatic rings. The van der Waals surface area contributed by atoms with Crippen LogP contribution in [0.5, 0.6) is 0 Å². The first-order valence-electron chi connectivity index (χ1n) is 15.9. The van der Waals surface area contributed by atoms with Gasteiger partial charge in [-0.05, 0) is 19.3 Å². The molecule has 0 saturated carbocycles. The Morgan fingerprint density at radius 2 is 0.735 bits per heavy atom. The van der Waals surface area contributed by atoms with E-state index in [0.29, 0.717) is 6.61 Å². The van der Waals surface area contributed by atoms with Gasteiger partial charge < -0.3 is 4.74 Å². The highest BCUT2D eigenvalue weighted by Crippen LogP contribution is 2.21. The van der Waals surface area contributed by atoms with Crippen LogP contribution in [0.3, 0.4) is 0 Å². The molecule has 0 rings (SSSR count). The van der Waals surface area contributed by atoms with Crippen LogP contribution in [0.15, 0.2) is 0 Å². The highest BCUT2D eigenvalue weighted by molar-refractivity contribution is 5.72. The predicted molar refractivity (Wildman–Crippen MR) is 152 cm³/mol. The third kappa shape index (κ3) is 24.6. The number of ether oxygens (including phenoxy) is 1. The molecule has 204 valence electrons. The van der Waals surface area contributed by atoms with Gasteiger partial charge in [-0.3, -0.25) is 4.79 Å². The molecule has 0 saturated heterocycles. The summed E-state index contributed by atoms with van der Waals surface area (Å²) in [4.78, 5) is 12.7. The van der Waals surface area contributed by atoms with Gasteiger partial charge in [-0.1, -0.05) is 168 Å². The van der Waals surface area contributed by atoms with Crippen molar-refractivity contribution in [2.45, 2.75) is 188 Å². The Labute approximate surface area is 215 Å². The summed E-state index contributed by atoms with van der Waals surface area (Å²) in [6.45, 7) is 7.45. The molecule has 0 aliphatic heterocycles. The van der Waals surface area contributed by atoms with Crippen molar-refractivity contribution in [2.75, 3.05) is 6.61 Å². The lowest BCUT2D eigenvalue weighted by Crippen LogP contribution is -2.18. The number of esters is 1. The molecule has 0 amide bonds. The van der Waals surface area contributed by atoms with Gasteiger partial charge in [-0.25, -0.2) is 0 Å². The molecule has 0 bridgehead atoms. The van der Waals surface area contributed by atoms with E-state index in [4.69, 9.17) is 4.74 Å². The summed E-state index contributed by atoms with van der Waals surface area (Å²) >= 11 is 0. The van der Waals surface area contributed by atoms with E-state index in [1.54, 1.807) is 0 Å². The molecule has 0 heterocycles. The highest BCUT2D eigenvalue weighted by Gasteiger charge is 2.19. The maximum absolute atomic E-state index is 12.7. The van der Waals surface area contributed by atoms with Gasteiger partial charge in [0.1, 0.15) is 0 Å². The Balaban J connectivity index is 3.85. The molecule has 0 aromatic carbocycles. The molecular formula is C32H64O2. The van der Waals surface area contributed by atoms with E-state index < -0.39 is 0 Å². The zero-order valence-electron chi connectivity index (χ0n) is 24.0. The van der Waals surface area contributed by atoms with E-state index in [2.05, 4.69) is 20.8 Å². The van der Waals surface area contributed by atoms with Gasteiger partial charge in [-0.2, -0.15) is 0 Å². The van der Waals surface area contributed by atoms with Crippen molar-refractivity contribution < 1.29 is 9.53 Å². The van der Waals surface area contributed by atoms with Crippen molar-refractivity contribution in [3.63, 3.8) is 0 Å². The van der Waals surface area contributed by atoms with Gasteiger partial charge in [0.25, 0.3) is 0 Å². The first-order valence-corrected chi connectivity index (χ1v) is 15.9. The zero-order chi connectivity index (χ0) is 25.0. The van der Waals surface area contributed by atoms with Gasteiger partial charge in [0.15, 0.2) is 0 Å². The van der Waals surface area contributed by atoms with Crippen molar-refractivity contribution in [1.29, 1.82) is 0 Å². The minimum atomic E-state index is 0.101. The van der Waals surface area contributed by atoms with E-state index in [1.807, 2.05) is 0 Å². The van der Waals surface area contributed by atoms with E-state index in [0.717, 1.165) is 19.3 Å². The number of hydrogen-bond donors (Lipinski definition) is 0. The molecule has 0 aliphatic carbocycles. The topological polar surface area (TPSA) is 26.3 Å². The van der Waals surface area contributed by atoms with Crippen LogP contribution in [-0.2, 0) is 9.53 Å². The van der Waals surface area contributed by atoms with Crippen LogP contribution in [0.1, 0.15) is 188 Å². The van der Waals surface area contributed by atoms with Crippen molar-refractivity contribution in [3.05, 3.63) is 0 Å². The Kier molecular flexibility index (Phi) is 28.3. The van der Waals surface area contributed by atoms with Crippen LogP contribution >= 0.6 is 0 Å². The van der Waals surface area contributed by atoms with Gasteiger partial charge >= 0.3 is 5.97 Å². The Morgan fingerprint density at radius 1 is 0.441 bits per heavy atom. The van der Waals surface area contributed by atoms with E-state index in [-0.39, 0.29) is 11.9 Å². The van der Waals surface area contributed by atoms with E-state index in [1.165, 1.54) is 148 Å². The van der Waals surface area contributed by atoms with Crippen molar-refractivity contribution in [1.82, 2.24) is 0 Å². The highest BCUT2D eigenvalue weighted by atomic mass is 16.5. The van der Waals surface area contributed by atoms with Crippen LogP contribution in [0.4, 0.5) is 0 Å². The number of hydrogen-bond acceptors (Lipinski definition) is 2. The molecule has 34 heavy (non-hydrogen) atoms. The SMILES string of the molecule is CCCCCCCCCCCCCCOC(=O)C(CCCCCCC)CCCCCCCCC. The average molecular weight is 481 g/mol. The number of unbranched alkanes of at least 4 members (excludes halogenated alkanes) is 21. The van der Waals surface area contributed by atoms with Crippen LogP contribution in [0.2, 0.25) is 0 Å². The van der Waals surface area contributed by atoms with Gasteiger partial charge in [-0.15, -0.1) is 0 Å². The largest absolute Gasteiger partial charge is 0.465 e. The third-order valence-corrected chi connectivity index (χ3v) is 7.39. The molecule has 2 heteroatoms. The fraction of sp³-hybridized carbons (Fsp3) is 0.969. The quantitative estimate of drug-likeness (QED) is 0.0821. The van der Waals surface area contributed by atoms with Crippen molar-refractivity contribution in [2.24, 2.45) is 5.92 Å². The summed E-state index contributed by atoms with van der Waals surface area (Å²) in [5.41, 5.74) is 0. The minimum absolute atomic E-state index is 0.101. The molecular weight excluding hydrogens is 416 g/mol. The summed E-state index contributed by atoms with van der Waals surface area (Å²) in [5, 5.41) is 0. The first kappa shape index (κ1) is 33.5. The van der Waals surface area contributed by atoms with Gasteiger partial charge in [0.05, 0.1) is 12.5 Å². The van der Waals surface area contributed by atoms with Crippen LogP contribution in [0, 0.1) is 5.92 Å². The zero-order valence-corrected chi connectivity index (χ0v) is 24.0. The van der Waals surface area contributed by atoms with Crippen molar-refractivity contribution in [3.8, 4) is 0 Å². The minimum Gasteiger partial charge on any atom is -0.465 e. The van der Waals surface area contributed by atoms with Gasteiger partial charge in [0.2, 0.25) is 0 Å². The van der Waals surface area contributed by atoms with Gasteiger partial charge in [0, 0.05) is 0 Å². The lowest BCUT2D eigenvalue weighted by molar-refractivity contribution is -0.149. The number of rotatable bonds is 28. The molecule has 0 radical (unpaired) electrons. The molecule has 1 atom stereocenters. The van der Waals surface area contributed by atoms with Crippen LogP contribution in [-0.4, -0.2) is 12.6 Å². The Morgan fingerprint density at radius 3 is 1.09 bits per heavy atom. The normalized spacial score (nSPS) is 12.2. The van der Waals surface area contributed by atoms with E-state index >= 15 is 0 Å². The second-order valence-electron chi connectivity index (χ2n) is 10.9. The predicted octanol–water partition coefficient (Wildman–Crippen LogP) is 11.3. The third-order valence-electron chi connectivity index (χ3n) is 7.39. The number of carbonyl (C=O) groups is 1. The first-order chi connectivity index (χ1) is 16.8. The van der Waals surface area contributed by atoms with Crippen molar-refractivity contribution >= 4 is 5.97 Å². The summed E-state index contributed by atoms with van der Waals surface area (Å²) in [5.74, 6) is 0.249. The maximum atomic E-state index is 12.7. The molecule has 0 fully saturated rings. The molecule has 1 unspecified atom stereocenters. The second-order valence-corrected chi connectivity index (χ2v) is 10.9. The maximum Gasteiger partial charge on any atom is 0.308 e. The summed E-state index contributed by atoms with van der Waals surface area (Å²) < 4.78 is 5.75. The Hall–Kier alpha value is -0.530. The van der Waals surface area contributed by atoms with E-state index in [9.17, 15) is 4.79 Å². The summed E-state index contributed by atoms with van der Waals surface area (Å²) in [7, 11) is 0. The fourth-order valence-corrected chi connectivity index (χ4v) is 4.96. The standard InChI is InChI=1S/C32H64O2/c1-4-7-10-13-15-16-17-18-19-21-24-27-30-34-32(33)31(28-25-22-12-9-6-3)29-26-23-20-14-11-8-5-2/h31H,4-30H2,1-3H3. The summed E-state index contributed by atoms with van der Waals surface area (Å²) in [6, 6.07) is 0. The van der Waals surface area contributed by atoms with Crippen LogP contribution < -0.4 is 0 Å². The monoisotopic (exact) mass is 480 g/mol. The molecule has 0 N–H and O–H groups in total. The second kappa shape index (κ2) is 28.7. The molecule has 2 nitrogen and oxygen atoms in total. The molecule has 0 aromatic heterocycles. The lowest BCUT2D eigenvalue weighted by Gasteiger charge is -2.16. The smallest absolute Gasteiger partial charge is 0.308 e. The average Bonchev–Trinajstić information content (AvgIpc) is 2.84. The summed E-state index contributed by atoms with van der Waals surface area (Å²) in [6.07, 6.45) is 33.8. The number of carbonyl (C=O) groups excluding carboxylic acids is 1. The lowest BCUT2D eigenvalue weighted by atomic mass is 9.94. The Bertz CT molecular complexity index is 392. The van der Waals surface area contributed by atoms with Crippen LogP contribution in [0.25, 0.3) is 0 Å². The molecule has 0 aliphatic rings.